The van der Waals surface area contributed by atoms with Crippen LogP contribution < -0.4 is 0 Å². The molecule has 1 aromatic carbocycles. The maximum absolute atomic E-state index is 5.47. The Labute approximate surface area is 154 Å². The van der Waals surface area contributed by atoms with Gasteiger partial charge in [-0.15, -0.1) is 11.3 Å². The Morgan fingerprint density at radius 1 is 1.32 bits per heavy atom. The van der Waals surface area contributed by atoms with Gasteiger partial charge in [-0.3, -0.25) is 9.89 Å². The van der Waals surface area contributed by atoms with Gasteiger partial charge in [0.2, 0.25) is 0 Å². The molecule has 0 saturated carbocycles. The minimum atomic E-state index is 0.825. The first-order valence-electron chi connectivity index (χ1n) is 9.05. The molecule has 2 heterocycles. The molecule has 1 aromatic heterocycles. The fourth-order valence-electron chi connectivity index (χ4n) is 3.18. The van der Waals surface area contributed by atoms with E-state index >= 15 is 0 Å². The summed E-state index contributed by atoms with van der Waals surface area (Å²) >= 11 is 1.69. The summed E-state index contributed by atoms with van der Waals surface area (Å²) in [5, 5.41) is 3.11. The fraction of sp³-hybridized carbons (Fsp3) is 0.500. The Bertz CT molecular complexity index is 719. The second kappa shape index (κ2) is 8.70. The van der Waals surface area contributed by atoms with Crippen LogP contribution in [-0.4, -0.2) is 41.9 Å². The van der Waals surface area contributed by atoms with Gasteiger partial charge in [-0.2, -0.15) is 0 Å². The molecular formula is C20H27N3OS. The first-order valence-corrected chi connectivity index (χ1v) is 9.93. The Morgan fingerprint density at radius 3 is 2.80 bits per heavy atom. The first kappa shape index (κ1) is 18.2. The number of benzene rings is 1. The summed E-state index contributed by atoms with van der Waals surface area (Å²) in [6, 6.07) is 4.54. The fourth-order valence-corrected chi connectivity index (χ4v) is 3.90. The Morgan fingerprint density at radius 2 is 2.12 bits per heavy atom. The lowest BCUT2D eigenvalue weighted by molar-refractivity contribution is 0.0342. The molecule has 1 aliphatic rings. The van der Waals surface area contributed by atoms with Gasteiger partial charge in [0.25, 0.3) is 0 Å². The summed E-state index contributed by atoms with van der Waals surface area (Å²) in [6.45, 7) is 11.1. The monoisotopic (exact) mass is 357 g/mol. The van der Waals surface area contributed by atoms with E-state index in [0.717, 1.165) is 56.4 Å². The predicted octanol–water partition coefficient (Wildman–Crippen LogP) is 4.84. The van der Waals surface area contributed by atoms with E-state index in [1.807, 2.05) is 11.6 Å². The largest absolute Gasteiger partial charge is 0.379 e. The summed E-state index contributed by atoms with van der Waals surface area (Å²) in [4.78, 5) is 11.9. The van der Waals surface area contributed by atoms with Crippen molar-refractivity contribution in [1.82, 2.24) is 9.88 Å². The number of aromatic nitrogens is 1. The highest BCUT2D eigenvalue weighted by Crippen LogP contribution is 2.34. The Kier molecular flexibility index (Phi) is 6.34. The summed E-state index contributed by atoms with van der Waals surface area (Å²) in [7, 11) is 0. The Balaban J connectivity index is 1.96. The Hall–Kier alpha value is -1.56. The van der Waals surface area contributed by atoms with Crippen molar-refractivity contribution in [2.24, 2.45) is 4.99 Å². The van der Waals surface area contributed by atoms with Crippen molar-refractivity contribution in [3.05, 3.63) is 34.8 Å². The van der Waals surface area contributed by atoms with Gasteiger partial charge in [0, 0.05) is 42.5 Å². The standard InChI is InChI=1S/C20H27N3OS/c1-4-5-15(2)22-19-13-17(14-23-7-9-24-10-8-23)12-18(16(19)3)20-21-6-11-25-20/h6,11-13H,4-5,7-10,14H2,1-3H3. The summed E-state index contributed by atoms with van der Waals surface area (Å²) in [5.74, 6) is 0. The van der Waals surface area contributed by atoms with Gasteiger partial charge in [0.1, 0.15) is 5.01 Å². The van der Waals surface area contributed by atoms with Gasteiger partial charge in [0.05, 0.1) is 18.9 Å². The molecule has 0 atom stereocenters. The number of aliphatic imine (C=N–C) groups is 1. The molecule has 0 unspecified atom stereocenters. The third-order valence-electron chi connectivity index (χ3n) is 4.54. The molecule has 3 rings (SSSR count). The molecule has 25 heavy (non-hydrogen) atoms. The third-order valence-corrected chi connectivity index (χ3v) is 5.34. The van der Waals surface area contributed by atoms with Crippen LogP contribution in [0.1, 0.15) is 37.8 Å². The van der Waals surface area contributed by atoms with Crippen molar-refractivity contribution in [3.8, 4) is 10.6 Å². The second-order valence-corrected chi connectivity index (χ2v) is 7.50. The molecule has 5 heteroatoms. The van der Waals surface area contributed by atoms with Crippen molar-refractivity contribution < 1.29 is 4.74 Å². The van der Waals surface area contributed by atoms with Gasteiger partial charge in [-0.1, -0.05) is 13.3 Å². The van der Waals surface area contributed by atoms with E-state index in [1.54, 1.807) is 11.3 Å². The number of hydrogen-bond acceptors (Lipinski definition) is 5. The molecule has 0 bridgehead atoms. The molecule has 1 saturated heterocycles. The lowest BCUT2D eigenvalue weighted by atomic mass is 10.0. The highest BCUT2D eigenvalue weighted by atomic mass is 32.1. The van der Waals surface area contributed by atoms with Gasteiger partial charge < -0.3 is 4.74 Å². The molecule has 0 aliphatic carbocycles. The number of hydrogen-bond donors (Lipinski definition) is 0. The van der Waals surface area contributed by atoms with Gasteiger partial charge in [0.15, 0.2) is 0 Å². The van der Waals surface area contributed by atoms with Gasteiger partial charge in [-0.25, -0.2) is 4.98 Å². The van der Waals surface area contributed by atoms with E-state index in [4.69, 9.17) is 9.73 Å². The second-order valence-electron chi connectivity index (χ2n) is 6.61. The molecule has 1 fully saturated rings. The van der Waals surface area contributed by atoms with Crippen LogP contribution >= 0.6 is 11.3 Å². The minimum Gasteiger partial charge on any atom is -0.379 e. The van der Waals surface area contributed by atoms with Crippen molar-refractivity contribution >= 4 is 22.7 Å². The van der Waals surface area contributed by atoms with Crippen molar-refractivity contribution in [1.29, 1.82) is 0 Å². The molecule has 0 radical (unpaired) electrons. The average molecular weight is 358 g/mol. The normalized spacial score (nSPS) is 16.4. The zero-order chi connectivity index (χ0) is 17.6. The van der Waals surface area contributed by atoms with Crippen LogP contribution in [0.4, 0.5) is 5.69 Å². The van der Waals surface area contributed by atoms with Crippen molar-refractivity contribution in [3.63, 3.8) is 0 Å². The lowest BCUT2D eigenvalue weighted by Crippen LogP contribution is -2.35. The molecule has 0 N–H and O–H groups in total. The molecular weight excluding hydrogens is 330 g/mol. The lowest BCUT2D eigenvalue weighted by Gasteiger charge is -2.27. The number of morpholine rings is 1. The first-order chi connectivity index (χ1) is 12.2. The summed E-state index contributed by atoms with van der Waals surface area (Å²) in [5.41, 5.74) is 6.02. The number of thiazole rings is 1. The van der Waals surface area contributed by atoms with E-state index in [1.165, 1.54) is 22.4 Å². The molecule has 2 aromatic rings. The van der Waals surface area contributed by atoms with Crippen LogP contribution in [0.3, 0.4) is 0 Å². The van der Waals surface area contributed by atoms with E-state index in [9.17, 15) is 0 Å². The number of nitrogens with zero attached hydrogens (tertiary/aromatic N) is 3. The quantitative estimate of drug-likeness (QED) is 0.694. The molecule has 1 aliphatic heterocycles. The topological polar surface area (TPSA) is 37.7 Å². The van der Waals surface area contributed by atoms with Crippen LogP contribution in [0.5, 0.6) is 0 Å². The van der Waals surface area contributed by atoms with Gasteiger partial charge in [-0.05, 0) is 43.5 Å². The highest BCUT2D eigenvalue weighted by Gasteiger charge is 2.15. The smallest absolute Gasteiger partial charge is 0.123 e. The summed E-state index contributed by atoms with van der Waals surface area (Å²) < 4.78 is 5.47. The number of rotatable bonds is 6. The van der Waals surface area contributed by atoms with E-state index in [2.05, 4.69) is 42.8 Å². The zero-order valence-corrected chi connectivity index (χ0v) is 16.2. The van der Waals surface area contributed by atoms with Crippen LogP contribution in [-0.2, 0) is 11.3 Å². The van der Waals surface area contributed by atoms with E-state index < -0.39 is 0 Å². The maximum Gasteiger partial charge on any atom is 0.123 e. The number of ether oxygens (including phenoxy) is 1. The van der Waals surface area contributed by atoms with E-state index in [-0.39, 0.29) is 0 Å². The molecule has 134 valence electrons. The van der Waals surface area contributed by atoms with Crippen LogP contribution in [0.2, 0.25) is 0 Å². The van der Waals surface area contributed by atoms with Gasteiger partial charge >= 0.3 is 0 Å². The van der Waals surface area contributed by atoms with Crippen molar-refractivity contribution in [2.45, 2.75) is 40.2 Å². The van der Waals surface area contributed by atoms with Crippen LogP contribution in [0.25, 0.3) is 10.6 Å². The molecule has 0 amide bonds. The van der Waals surface area contributed by atoms with E-state index in [0.29, 0.717) is 0 Å². The zero-order valence-electron chi connectivity index (χ0n) is 15.4. The SMILES string of the molecule is CCCC(C)=Nc1cc(CN2CCOCC2)cc(-c2nccs2)c1C. The minimum absolute atomic E-state index is 0.825. The molecule has 4 nitrogen and oxygen atoms in total. The summed E-state index contributed by atoms with van der Waals surface area (Å²) in [6.07, 6.45) is 4.04. The highest BCUT2D eigenvalue weighted by molar-refractivity contribution is 7.13. The van der Waals surface area contributed by atoms with Crippen LogP contribution in [0, 0.1) is 6.92 Å². The third kappa shape index (κ3) is 4.75. The predicted molar refractivity (Wildman–Crippen MR) is 106 cm³/mol. The average Bonchev–Trinajstić information content (AvgIpc) is 3.13. The van der Waals surface area contributed by atoms with Crippen molar-refractivity contribution in [2.75, 3.05) is 26.3 Å². The maximum atomic E-state index is 5.47. The van der Waals surface area contributed by atoms with Crippen LogP contribution in [0.15, 0.2) is 28.7 Å². The molecule has 0 spiro atoms.